The Balaban J connectivity index is 2.57. The molecule has 0 spiro atoms. The van der Waals surface area contributed by atoms with Gasteiger partial charge in [0.25, 0.3) is 0 Å². The lowest BCUT2D eigenvalue weighted by Gasteiger charge is -2.18. The van der Waals surface area contributed by atoms with Crippen LogP contribution in [-0.2, 0) is 0 Å². The summed E-state index contributed by atoms with van der Waals surface area (Å²) in [6, 6.07) is 2.98. The first-order chi connectivity index (χ1) is 14.4. The molecule has 0 radical (unpaired) electrons. The molecule has 2 atom stereocenters. The van der Waals surface area contributed by atoms with Crippen molar-refractivity contribution in [3.8, 4) is 11.5 Å². The summed E-state index contributed by atoms with van der Waals surface area (Å²) in [4.78, 5) is 0. The summed E-state index contributed by atoms with van der Waals surface area (Å²) in [6.07, 6.45) is 12.6. The Morgan fingerprint density at radius 3 is 2.32 bits per heavy atom. The summed E-state index contributed by atoms with van der Waals surface area (Å²) in [6.45, 7) is 11.7. The van der Waals surface area contributed by atoms with E-state index in [1.165, 1.54) is 23.3 Å². The average Bonchev–Trinajstić information content (AvgIpc) is 2.62. The number of allylic oxidation sites excluding steroid dienone is 4. The highest BCUT2D eigenvalue weighted by Gasteiger charge is 2.16. The van der Waals surface area contributed by atoms with Crippen molar-refractivity contribution in [1.29, 1.82) is 0 Å². The van der Waals surface area contributed by atoms with Crippen LogP contribution in [0.4, 0.5) is 0 Å². The third kappa shape index (κ3) is 11.0. The van der Waals surface area contributed by atoms with Crippen LogP contribution in [0.5, 0.6) is 11.5 Å². The minimum Gasteiger partial charge on any atom is -0.508 e. The molecule has 0 aliphatic heterocycles. The summed E-state index contributed by atoms with van der Waals surface area (Å²) in [7, 11) is 0. The Morgan fingerprint density at radius 1 is 1.00 bits per heavy atom. The van der Waals surface area contributed by atoms with Crippen LogP contribution >= 0.6 is 0 Å². The van der Waals surface area contributed by atoms with E-state index < -0.39 is 11.7 Å². The van der Waals surface area contributed by atoms with Crippen molar-refractivity contribution in [2.24, 2.45) is 0 Å². The van der Waals surface area contributed by atoms with Gasteiger partial charge in [0.15, 0.2) is 0 Å². The van der Waals surface area contributed by atoms with Crippen molar-refractivity contribution in [2.45, 2.75) is 85.4 Å². The number of hydrogen-bond donors (Lipinski definition) is 4. The van der Waals surface area contributed by atoms with Crippen molar-refractivity contribution in [3.63, 3.8) is 0 Å². The smallest absolute Gasteiger partial charge is 0.123 e. The molecular weight excluding hydrogens is 388 g/mol. The number of hydrogen-bond acceptors (Lipinski definition) is 4. The van der Waals surface area contributed by atoms with Crippen LogP contribution in [0.1, 0.15) is 77.8 Å². The molecule has 0 saturated carbocycles. The first-order valence-corrected chi connectivity index (χ1v) is 11.0. The summed E-state index contributed by atoms with van der Waals surface area (Å²) >= 11 is 0. The predicted molar refractivity (Wildman–Crippen MR) is 130 cm³/mol. The summed E-state index contributed by atoms with van der Waals surface area (Å²) < 4.78 is 0. The minimum atomic E-state index is -1.05. The highest BCUT2D eigenvalue weighted by atomic mass is 16.3. The van der Waals surface area contributed by atoms with Crippen LogP contribution < -0.4 is 0 Å². The van der Waals surface area contributed by atoms with Crippen molar-refractivity contribution in [3.05, 3.63) is 64.3 Å². The van der Waals surface area contributed by atoms with Crippen molar-refractivity contribution in [2.75, 3.05) is 0 Å². The summed E-state index contributed by atoms with van der Waals surface area (Å²) in [5, 5.41) is 40.7. The maximum atomic E-state index is 10.6. The van der Waals surface area contributed by atoms with E-state index in [0.717, 1.165) is 18.4 Å². The molecule has 1 aromatic carbocycles. The second kappa shape index (κ2) is 12.5. The number of aromatic hydroxyl groups is 2. The van der Waals surface area contributed by atoms with E-state index in [0.29, 0.717) is 30.4 Å². The van der Waals surface area contributed by atoms with Crippen molar-refractivity contribution < 1.29 is 20.4 Å². The number of aliphatic hydroxyl groups excluding tert-OH is 1. The molecule has 4 nitrogen and oxygen atoms in total. The van der Waals surface area contributed by atoms with E-state index in [2.05, 4.69) is 26.8 Å². The van der Waals surface area contributed by atoms with Gasteiger partial charge >= 0.3 is 0 Å². The third-order valence-corrected chi connectivity index (χ3v) is 5.21. The molecule has 1 aromatic rings. The monoisotopic (exact) mass is 428 g/mol. The molecule has 0 fully saturated rings. The van der Waals surface area contributed by atoms with Crippen molar-refractivity contribution >= 4 is 6.08 Å². The maximum Gasteiger partial charge on any atom is 0.123 e. The lowest BCUT2D eigenvalue weighted by Crippen LogP contribution is -2.19. The molecule has 4 heteroatoms. The van der Waals surface area contributed by atoms with Gasteiger partial charge in [-0.2, -0.15) is 0 Å². The number of aliphatic hydroxyl groups is 2. The summed E-state index contributed by atoms with van der Waals surface area (Å²) in [5.74, 6) is 0.173. The fourth-order valence-electron chi connectivity index (χ4n) is 3.27. The zero-order chi connectivity index (χ0) is 23.6. The highest BCUT2D eigenvalue weighted by Crippen LogP contribution is 2.28. The van der Waals surface area contributed by atoms with E-state index in [-0.39, 0.29) is 11.5 Å². The second-order valence-electron chi connectivity index (χ2n) is 9.08. The van der Waals surface area contributed by atoms with Gasteiger partial charge in [-0.1, -0.05) is 47.1 Å². The molecule has 2 unspecified atom stereocenters. The van der Waals surface area contributed by atoms with Gasteiger partial charge < -0.3 is 20.4 Å². The zero-order valence-electron chi connectivity index (χ0n) is 19.9. The molecule has 0 aliphatic rings. The van der Waals surface area contributed by atoms with E-state index in [1.807, 2.05) is 19.1 Å². The standard InChI is InChI=1S/C27H40O4/c1-19(2)9-7-10-20(3)15-24(28)16-21(4)11-8-13-27(6,31)14-12-23-18-25(29)22(5)17-26(23)30/h9,11-12,14-15,17-18,24,28-31H,7-8,10,13,16H2,1-6H3/b14-12-,20-15+,21-11+. The molecule has 0 bridgehead atoms. The normalized spacial score (nSPS) is 15.7. The van der Waals surface area contributed by atoms with Gasteiger partial charge in [0.2, 0.25) is 0 Å². The van der Waals surface area contributed by atoms with E-state index in [9.17, 15) is 20.4 Å². The summed E-state index contributed by atoms with van der Waals surface area (Å²) in [5.41, 5.74) is 3.60. The Labute approximate surface area is 188 Å². The van der Waals surface area contributed by atoms with Gasteiger partial charge in [0.05, 0.1) is 11.7 Å². The number of rotatable bonds is 11. The van der Waals surface area contributed by atoms with Crippen LogP contribution in [-0.4, -0.2) is 32.1 Å². The number of phenols is 2. The fraction of sp³-hybridized carbons (Fsp3) is 0.481. The lowest BCUT2D eigenvalue weighted by atomic mass is 9.96. The Bertz CT molecular complexity index is 837. The Kier molecular flexibility index (Phi) is 10.8. The SMILES string of the molecule is CC(C)=CCC/C(C)=C/C(O)C/C(C)=C/CCC(C)(O)/C=C\c1cc(O)c(C)cc1O. The number of phenolic OH excluding ortho intramolecular Hbond substituents is 2. The molecular formula is C27H40O4. The lowest BCUT2D eigenvalue weighted by molar-refractivity contribution is 0.104. The molecule has 31 heavy (non-hydrogen) atoms. The first-order valence-electron chi connectivity index (χ1n) is 11.0. The third-order valence-electron chi connectivity index (χ3n) is 5.21. The average molecular weight is 429 g/mol. The van der Waals surface area contributed by atoms with Gasteiger partial charge in [-0.05, 0) is 91.3 Å². The first kappa shape index (κ1) is 26.7. The molecule has 0 saturated heterocycles. The predicted octanol–water partition coefficient (Wildman–Crippen LogP) is 6.34. The van der Waals surface area contributed by atoms with Crippen LogP contribution in [0.15, 0.2) is 53.2 Å². The molecule has 0 heterocycles. The zero-order valence-corrected chi connectivity index (χ0v) is 19.9. The Hall–Kier alpha value is -2.30. The minimum absolute atomic E-state index is 0.0660. The van der Waals surface area contributed by atoms with E-state index in [4.69, 9.17) is 0 Å². The second-order valence-corrected chi connectivity index (χ2v) is 9.08. The molecule has 0 aromatic heterocycles. The number of aryl methyl sites for hydroxylation is 1. The fourth-order valence-corrected chi connectivity index (χ4v) is 3.27. The van der Waals surface area contributed by atoms with Gasteiger partial charge in [0, 0.05) is 5.56 Å². The van der Waals surface area contributed by atoms with Gasteiger partial charge in [-0.15, -0.1) is 0 Å². The largest absolute Gasteiger partial charge is 0.508 e. The van der Waals surface area contributed by atoms with E-state index >= 15 is 0 Å². The Morgan fingerprint density at radius 2 is 1.68 bits per heavy atom. The van der Waals surface area contributed by atoms with Gasteiger partial charge in [-0.3, -0.25) is 0 Å². The van der Waals surface area contributed by atoms with Crippen LogP contribution in [0.25, 0.3) is 6.08 Å². The van der Waals surface area contributed by atoms with Crippen LogP contribution in [0, 0.1) is 6.92 Å². The van der Waals surface area contributed by atoms with Crippen LogP contribution in [0.2, 0.25) is 0 Å². The van der Waals surface area contributed by atoms with Crippen LogP contribution in [0.3, 0.4) is 0 Å². The maximum absolute atomic E-state index is 10.6. The highest BCUT2D eigenvalue weighted by molar-refractivity contribution is 5.61. The van der Waals surface area contributed by atoms with Crippen molar-refractivity contribution in [1.82, 2.24) is 0 Å². The molecule has 172 valence electrons. The van der Waals surface area contributed by atoms with Gasteiger partial charge in [0.1, 0.15) is 11.5 Å². The van der Waals surface area contributed by atoms with Gasteiger partial charge in [-0.25, -0.2) is 0 Å². The number of benzene rings is 1. The molecule has 0 aliphatic carbocycles. The molecule has 1 rings (SSSR count). The topological polar surface area (TPSA) is 80.9 Å². The quantitative estimate of drug-likeness (QED) is 0.245. The molecule has 0 amide bonds. The molecule has 4 N–H and O–H groups in total. The van der Waals surface area contributed by atoms with E-state index in [1.54, 1.807) is 26.0 Å².